The molecule has 0 aliphatic carbocycles. The molecule has 1 N–H and O–H groups in total. The number of anilines is 1. The lowest BCUT2D eigenvalue weighted by Crippen LogP contribution is -2.41. The largest absolute Gasteiger partial charge is 0.478 e. The van der Waals surface area contributed by atoms with Crippen LogP contribution in [0.4, 0.5) is 5.82 Å². The minimum atomic E-state index is -2.97. The van der Waals surface area contributed by atoms with Crippen molar-refractivity contribution in [3.05, 3.63) is 23.9 Å². The van der Waals surface area contributed by atoms with Crippen LogP contribution in [0.2, 0.25) is 0 Å². The van der Waals surface area contributed by atoms with Gasteiger partial charge >= 0.3 is 5.97 Å². The van der Waals surface area contributed by atoms with Gasteiger partial charge in [-0.05, 0) is 12.1 Å². The lowest BCUT2D eigenvalue weighted by molar-refractivity contribution is 0.0697. The maximum absolute atomic E-state index is 11.3. The van der Waals surface area contributed by atoms with Crippen LogP contribution in [0.5, 0.6) is 0 Å². The van der Waals surface area contributed by atoms with Gasteiger partial charge in [0.25, 0.3) is 0 Å². The van der Waals surface area contributed by atoms with Crippen LogP contribution in [0, 0.1) is 0 Å². The predicted molar refractivity (Wildman–Crippen MR) is 62.1 cm³/mol. The molecule has 2 heterocycles. The van der Waals surface area contributed by atoms with Crippen molar-refractivity contribution in [2.45, 2.75) is 0 Å². The molecule has 0 bridgehead atoms. The minimum Gasteiger partial charge on any atom is -0.478 e. The van der Waals surface area contributed by atoms with Crippen molar-refractivity contribution in [1.29, 1.82) is 0 Å². The number of pyridine rings is 1. The second kappa shape index (κ2) is 4.33. The first kappa shape index (κ1) is 11.8. The Hall–Kier alpha value is -1.63. The van der Waals surface area contributed by atoms with Gasteiger partial charge < -0.3 is 10.0 Å². The number of nitrogens with zero attached hydrogens (tertiary/aromatic N) is 2. The van der Waals surface area contributed by atoms with Crippen LogP contribution >= 0.6 is 0 Å². The second-order valence-corrected chi connectivity index (χ2v) is 6.12. The summed E-state index contributed by atoms with van der Waals surface area (Å²) in [5.41, 5.74) is 0.104. The normalized spacial score (nSPS) is 18.9. The summed E-state index contributed by atoms with van der Waals surface area (Å²) in [5, 5.41) is 9.01. The number of carboxylic acids is 1. The zero-order valence-electron chi connectivity index (χ0n) is 9.04. The Labute approximate surface area is 98.8 Å². The fraction of sp³-hybridized carbons (Fsp3) is 0.400. The summed E-state index contributed by atoms with van der Waals surface area (Å²) >= 11 is 0. The molecule has 0 aromatic carbocycles. The molecule has 6 nitrogen and oxygen atoms in total. The zero-order valence-corrected chi connectivity index (χ0v) is 9.85. The molecule has 1 aliphatic heterocycles. The van der Waals surface area contributed by atoms with E-state index in [0.29, 0.717) is 18.9 Å². The number of sulfone groups is 1. The Kier molecular flexibility index (Phi) is 3.01. The van der Waals surface area contributed by atoms with Crippen molar-refractivity contribution in [3.63, 3.8) is 0 Å². The summed E-state index contributed by atoms with van der Waals surface area (Å²) in [6.07, 6.45) is 1.50. The van der Waals surface area contributed by atoms with E-state index < -0.39 is 15.8 Å². The molecule has 0 radical (unpaired) electrons. The second-order valence-electron chi connectivity index (χ2n) is 3.82. The molecule has 0 atom stereocenters. The molecule has 1 saturated heterocycles. The van der Waals surface area contributed by atoms with Gasteiger partial charge in [-0.15, -0.1) is 0 Å². The van der Waals surface area contributed by atoms with Crippen molar-refractivity contribution >= 4 is 21.6 Å². The highest BCUT2D eigenvalue weighted by atomic mass is 32.2. The van der Waals surface area contributed by atoms with E-state index in [4.69, 9.17) is 5.11 Å². The lowest BCUT2D eigenvalue weighted by atomic mass is 10.2. The highest BCUT2D eigenvalue weighted by molar-refractivity contribution is 7.91. The standard InChI is InChI=1S/C10H12N2O4S/c13-10(14)8-2-1-3-11-9(8)12-4-6-17(15,16)7-5-12/h1-3H,4-7H2,(H,13,14). The number of rotatable bonds is 2. The van der Waals surface area contributed by atoms with E-state index in [2.05, 4.69) is 4.98 Å². The number of hydrogen-bond donors (Lipinski definition) is 1. The van der Waals surface area contributed by atoms with Crippen LogP contribution < -0.4 is 4.90 Å². The highest BCUT2D eigenvalue weighted by Gasteiger charge is 2.25. The maximum atomic E-state index is 11.3. The van der Waals surface area contributed by atoms with Gasteiger partial charge in [0.15, 0.2) is 9.84 Å². The van der Waals surface area contributed by atoms with Crippen molar-refractivity contribution in [3.8, 4) is 0 Å². The van der Waals surface area contributed by atoms with E-state index in [-0.39, 0.29) is 17.1 Å². The molecule has 1 aliphatic rings. The van der Waals surface area contributed by atoms with Crippen LogP contribution in [0.1, 0.15) is 10.4 Å². The van der Waals surface area contributed by atoms with Gasteiger partial charge in [0.1, 0.15) is 11.4 Å². The number of aromatic carboxylic acids is 1. The van der Waals surface area contributed by atoms with Crippen LogP contribution in [-0.2, 0) is 9.84 Å². The molecule has 0 spiro atoms. The Morgan fingerprint density at radius 1 is 1.35 bits per heavy atom. The van der Waals surface area contributed by atoms with E-state index in [9.17, 15) is 13.2 Å². The molecular formula is C10H12N2O4S. The Bertz CT molecular complexity index is 527. The summed E-state index contributed by atoms with van der Waals surface area (Å²) in [4.78, 5) is 16.7. The molecule has 7 heteroatoms. The molecular weight excluding hydrogens is 244 g/mol. The molecule has 0 amide bonds. The topological polar surface area (TPSA) is 87.6 Å². The SMILES string of the molecule is O=C(O)c1cccnc1N1CCS(=O)(=O)CC1. The third-order valence-electron chi connectivity index (χ3n) is 2.66. The Morgan fingerprint density at radius 3 is 2.59 bits per heavy atom. The zero-order chi connectivity index (χ0) is 12.5. The van der Waals surface area contributed by atoms with E-state index in [1.807, 2.05) is 0 Å². The van der Waals surface area contributed by atoms with Gasteiger partial charge in [0.05, 0.1) is 11.5 Å². The summed E-state index contributed by atoms with van der Waals surface area (Å²) in [6, 6.07) is 3.02. The van der Waals surface area contributed by atoms with E-state index in [1.54, 1.807) is 11.0 Å². The van der Waals surface area contributed by atoms with Gasteiger partial charge in [-0.3, -0.25) is 0 Å². The first-order chi connectivity index (χ1) is 7.99. The van der Waals surface area contributed by atoms with Crippen molar-refractivity contribution < 1.29 is 18.3 Å². The van der Waals surface area contributed by atoms with Crippen LogP contribution in [0.15, 0.2) is 18.3 Å². The summed E-state index contributed by atoms with van der Waals surface area (Å²) in [7, 11) is -2.97. The smallest absolute Gasteiger partial charge is 0.339 e. The first-order valence-electron chi connectivity index (χ1n) is 5.13. The molecule has 0 unspecified atom stereocenters. The monoisotopic (exact) mass is 256 g/mol. The molecule has 1 aromatic heterocycles. The molecule has 1 fully saturated rings. The van der Waals surface area contributed by atoms with Crippen molar-refractivity contribution in [2.75, 3.05) is 29.5 Å². The van der Waals surface area contributed by atoms with E-state index in [1.165, 1.54) is 12.3 Å². The maximum Gasteiger partial charge on any atom is 0.339 e. The summed E-state index contributed by atoms with van der Waals surface area (Å²) < 4.78 is 22.6. The fourth-order valence-corrected chi connectivity index (χ4v) is 2.94. The van der Waals surface area contributed by atoms with Gasteiger partial charge in [-0.1, -0.05) is 0 Å². The quantitative estimate of drug-likeness (QED) is 0.802. The van der Waals surface area contributed by atoms with Gasteiger partial charge in [-0.25, -0.2) is 18.2 Å². The van der Waals surface area contributed by atoms with Gasteiger partial charge in [0, 0.05) is 19.3 Å². The van der Waals surface area contributed by atoms with E-state index >= 15 is 0 Å². The Balaban J connectivity index is 2.27. The summed E-state index contributed by atoms with van der Waals surface area (Å²) in [5.74, 6) is -0.623. The molecule has 92 valence electrons. The van der Waals surface area contributed by atoms with Crippen LogP contribution in [-0.4, -0.2) is 49.1 Å². The Morgan fingerprint density at radius 2 is 2.00 bits per heavy atom. The third-order valence-corrected chi connectivity index (χ3v) is 4.27. The van der Waals surface area contributed by atoms with Gasteiger partial charge in [0.2, 0.25) is 0 Å². The lowest BCUT2D eigenvalue weighted by Gasteiger charge is -2.28. The molecule has 1 aromatic rings. The first-order valence-corrected chi connectivity index (χ1v) is 6.95. The van der Waals surface area contributed by atoms with E-state index in [0.717, 1.165) is 0 Å². The van der Waals surface area contributed by atoms with Gasteiger partial charge in [-0.2, -0.15) is 0 Å². The van der Waals surface area contributed by atoms with Crippen LogP contribution in [0.25, 0.3) is 0 Å². The molecule has 2 rings (SSSR count). The highest BCUT2D eigenvalue weighted by Crippen LogP contribution is 2.19. The predicted octanol–water partition coefficient (Wildman–Crippen LogP) is 0.0146. The number of aromatic nitrogens is 1. The van der Waals surface area contributed by atoms with Crippen molar-refractivity contribution in [1.82, 2.24) is 4.98 Å². The van der Waals surface area contributed by atoms with Crippen LogP contribution in [0.3, 0.4) is 0 Å². The summed E-state index contributed by atoms with van der Waals surface area (Å²) in [6.45, 7) is 0.583. The molecule has 17 heavy (non-hydrogen) atoms. The number of carbonyl (C=O) groups is 1. The number of carboxylic acid groups (broad SMARTS) is 1. The average Bonchev–Trinajstić information content (AvgIpc) is 2.29. The molecule has 0 saturated carbocycles. The fourth-order valence-electron chi connectivity index (χ4n) is 1.74. The number of hydrogen-bond acceptors (Lipinski definition) is 5. The minimum absolute atomic E-state index is 0.0443. The average molecular weight is 256 g/mol. The third kappa shape index (κ3) is 2.55. The van der Waals surface area contributed by atoms with Crippen molar-refractivity contribution in [2.24, 2.45) is 0 Å².